The summed E-state index contributed by atoms with van der Waals surface area (Å²) < 4.78 is 5.87. The van der Waals surface area contributed by atoms with Crippen LogP contribution in [-0.4, -0.2) is 54.0 Å². The normalized spacial score (nSPS) is 16.3. The van der Waals surface area contributed by atoms with Crippen LogP contribution in [0.25, 0.3) is 11.3 Å². The van der Waals surface area contributed by atoms with E-state index in [2.05, 4.69) is 33.7 Å². The van der Waals surface area contributed by atoms with E-state index in [4.69, 9.17) is 10.5 Å². The Morgan fingerprint density at radius 3 is 2.54 bits per heavy atom. The maximum Gasteiger partial charge on any atom is 0.307 e. The van der Waals surface area contributed by atoms with Crippen LogP contribution in [0.2, 0.25) is 0 Å². The summed E-state index contributed by atoms with van der Waals surface area (Å²) in [4.78, 5) is 27.2. The van der Waals surface area contributed by atoms with Crippen LogP contribution in [0, 0.1) is 12.3 Å². The van der Waals surface area contributed by atoms with Gasteiger partial charge in [-0.3, -0.25) is 19.8 Å². The summed E-state index contributed by atoms with van der Waals surface area (Å²) in [6.45, 7) is 10.5. The molecule has 1 fully saturated rings. The Morgan fingerprint density at radius 1 is 1.26 bits per heavy atom. The van der Waals surface area contributed by atoms with Crippen molar-refractivity contribution in [2.24, 2.45) is 16.1 Å². The largest absolute Gasteiger partial charge is 0.492 e. The van der Waals surface area contributed by atoms with E-state index in [0.29, 0.717) is 18.8 Å². The number of nitrogens with zero attached hydrogens (tertiary/aromatic N) is 4. The van der Waals surface area contributed by atoms with Gasteiger partial charge in [-0.15, -0.1) is 0 Å². The first-order valence-electron chi connectivity index (χ1n) is 12.0. The van der Waals surface area contributed by atoms with Gasteiger partial charge in [-0.05, 0) is 49.8 Å². The zero-order valence-electron chi connectivity index (χ0n) is 21.5. The molecular formula is C27H37N5O3. The molecule has 1 aliphatic heterocycles. The van der Waals surface area contributed by atoms with Crippen molar-refractivity contribution in [3.63, 3.8) is 0 Å². The molecule has 35 heavy (non-hydrogen) atoms. The van der Waals surface area contributed by atoms with E-state index < -0.39 is 5.97 Å². The molecule has 1 saturated heterocycles. The van der Waals surface area contributed by atoms with Gasteiger partial charge in [-0.1, -0.05) is 13.8 Å². The average molecular weight is 480 g/mol. The molecule has 188 valence electrons. The molecule has 8 heteroatoms. The Hall–Kier alpha value is -3.42. The fourth-order valence-corrected chi connectivity index (χ4v) is 4.30. The molecule has 0 aliphatic carbocycles. The van der Waals surface area contributed by atoms with Crippen LogP contribution in [0.3, 0.4) is 0 Å². The van der Waals surface area contributed by atoms with Gasteiger partial charge in [0.25, 0.3) is 0 Å². The molecule has 0 unspecified atom stereocenters. The first kappa shape index (κ1) is 26.2. The molecule has 3 N–H and O–H groups in total. The van der Waals surface area contributed by atoms with Crippen molar-refractivity contribution in [1.82, 2.24) is 9.97 Å². The maximum atomic E-state index is 11.7. The Kier molecular flexibility index (Phi) is 8.48. The van der Waals surface area contributed by atoms with Gasteiger partial charge in [0, 0.05) is 61.5 Å². The topological polar surface area (TPSA) is 114 Å². The summed E-state index contributed by atoms with van der Waals surface area (Å²) in [6.07, 6.45) is 7.93. The standard InChI is InChI=1S/C27H37N5O3/c1-18(28)20(15-29-5)8-13-35-21-6-7-24(31-16-21)23-17-30-19(2)22(14-25(33)34)26(23)32-11-9-27(3,4)10-12-32/h6-7,15-17H,8-14,28H2,1-5H3,(H,33,34)/b20-18-,29-15?. The van der Waals surface area contributed by atoms with Crippen LogP contribution >= 0.6 is 0 Å². The Bertz CT molecular complexity index is 1090. The fourth-order valence-electron chi connectivity index (χ4n) is 4.30. The number of rotatable bonds is 9. The number of anilines is 1. The molecule has 0 aromatic carbocycles. The molecule has 8 nitrogen and oxygen atoms in total. The van der Waals surface area contributed by atoms with Crippen molar-refractivity contribution in [3.8, 4) is 17.0 Å². The molecule has 0 amide bonds. The summed E-state index contributed by atoms with van der Waals surface area (Å²) in [5.41, 5.74) is 11.9. The van der Waals surface area contributed by atoms with Gasteiger partial charge in [0.1, 0.15) is 5.75 Å². The molecule has 2 aromatic rings. The van der Waals surface area contributed by atoms with Crippen molar-refractivity contribution in [2.75, 3.05) is 31.6 Å². The number of carbonyl (C=O) groups is 1. The van der Waals surface area contributed by atoms with Crippen LogP contribution in [-0.2, 0) is 11.2 Å². The summed E-state index contributed by atoms with van der Waals surface area (Å²) in [5, 5.41) is 9.59. The summed E-state index contributed by atoms with van der Waals surface area (Å²) in [5.74, 6) is -0.208. The number of hydrogen-bond acceptors (Lipinski definition) is 7. The van der Waals surface area contributed by atoms with Gasteiger partial charge in [-0.2, -0.15) is 0 Å². The highest BCUT2D eigenvalue weighted by Gasteiger charge is 2.29. The molecule has 0 atom stereocenters. The number of aromatic nitrogens is 2. The number of aliphatic imine (C=N–C) groups is 1. The van der Waals surface area contributed by atoms with Crippen molar-refractivity contribution in [2.45, 2.75) is 53.4 Å². The minimum Gasteiger partial charge on any atom is -0.492 e. The summed E-state index contributed by atoms with van der Waals surface area (Å²) >= 11 is 0. The number of hydrogen-bond donors (Lipinski definition) is 2. The van der Waals surface area contributed by atoms with Gasteiger partial charge in [0.05, 0.1) is 30.6 Å². The van der Waals surface area contributed by atoms with E-state index in [1.807, 2.05) is 32.2 Å². The second-order valence-electron chi connectivity index (χ2n) is 9.88. The molecule has 3 rings (SSSR count). The van der Waals surface area contributed by atoms with E-state index in [1.54, 1.807) is 19.5 Å². The minimum atomic E-state index is -0.864. The lowest BCUT2D eigenvalue weighted by atomic mass is 9.82. The van der Waals surface area contributed by atoms with E-state index >= 15 is 0 Å². The molecule has 3 heterocycles. The zero-order valence-corrected chi connectivity index (χ0v) is 21.5. The number of aryl methyl sites for hydroxylation is 1. The molecule has 0 spiro atoms. The van der Waals surface area contributed by atoms with E-state index in [1.165, 1.54) is 0 Å². The van der Waals surface area contributed by atoms with Crippen molar-refractivity contribution < 1.29 is 14.6 Å². The average Bonchev–Trinajstić information content (AvgIpc) is 2.80. The van der Waals surface area contributed by atoms with Crippen molar-refractivity contribution >= 4 is 17.9 Å². The van der Waals surface area contributed by atoms with Gasteiger partial charge in [-0.25, -0.2) is 0 Å². The first-order valence-corrected chi connectivity index (χ1v) is 12.0. The number of allylic oxidation sites excluding steroid dienone is 1. The first-order chi connectivity index (χ1) is 16.6. The van der Waals surface area contributed by atoms with Crippen LogP contribution in [0.4, 0.5) is 5.69 Å². The summed E-state index contributed by atoms with van der Waals surface area (Å²) in [6, 6.07) is 3.79. The molecule has 0 saturated carbocycles. The highest BCUT2D eigenvalue weighted by atomic mass is 16.5. The van der Waals surface area contributed by atoms with Crippen molar-refractivity contribution in [1.29, 1.82) is 0 Å². The number of carboxylic acid groups (broad SMARTS) is 1. The SMILES string of the molecule is CN=C/C(CCOc1ccc(-c2cnc(C)c(CC(=O)O)c2N2CCC(C)(C)CC2)nc1)=C(/C)N. The second kappa shape index (κ2) is 11.3. The second-order valence-corrected chi connectivity index (χ2v) is 9.88. The smallest absolute Gasteiger partial charge is 0.307 e. The monoisotopic (exact) mass is 479 g/mol. The van der Waals surface area contributed by atoms with Gasteiger partial charge < -0.3 is 20.5 Å². The Labute approximate surface area is 208 Å². The molecular weight excluding hydrogens is 442 g/mol. The highest BCUT2D eigenvalue weighted by molar-refractivity contribution is 5.83. The molecule has 2 aromatic heterocycles. The lowest BCUT2D eigenvalue weighted by Crippen LogP contribution is -2.38. The fraction of sp³-hybridized carbons (Fsp3) is 0.481. The summed E-state index contributed by atoms with van der Waals surface area (Å²) in [7, 11) is 1.72. The van der Waals surface area contributed by atoms with Gasteiger partial charge in [0.2, 0.25) is 0 Å². The Morgan fingerprint density at radius 2 is 1.97 bits per heavy atom. The van der Waals surface area contributed by atoms with Crippen LogP contribution < -0.4 is 15.4 Å². The molecule has 0 bridgehead atoms. The number of pyridine rings is 2. The third-order valence-corrected chi connectivity index (χ3v) is 6.57. The van der Waals surface area contributed by atoms with Crippen LogP contribution in [0.1, 0.15) is 51.3 Å². The molecule has 0 radical (unpaired) electrons. The lowest BCUT2D eigenvalue weighted by molar-refractivity contribution is -0.136. The van der Waals surface area contributed by atoms with E-state index in [9.17, 15) is 9.90 Å². The zero-order chi connectivity index (χ0) is 25.6. The number of aliphatic carboxylic acids is 1. The number of ether oxygens (including phenoxy) is 1. The van der Waals surface area contributed by atoms with Crippen LogP contribution in [0.15, 0.2) is 40.8 Å². The van der Waals surface area contributed by atoms with Crippen molar-refractivity contribution in [3.05, 3.63) is 47.1 Å². The van der Waals surface area contributed by atoms with E-state index in [0.717, 1.165) is 65.4 Å². The number of carboxylic acids is 1. The van der Waals surface area contributed by atoms with Gasteiger partial charge >= 0.3 is 5.97 Å². The number of nitrogens with two attached hydrogens (primary N) is 1. The lowest BCUT2D eigenvalue weighted by Gasteiger charge is -2.40. The maximum absolute atomic E-state index is 11.7. The highest BCUT2D eigenvalue weighted by Crippen LogP contribution is 2.39. The van der Waals surface area contributed by atoms with Crippen LogP contribution in [0.5, 0.6) is 5.75 Å². The number of piperidine rings is 1. The molecule has 1 aliphatic rings. The minimum absolute atomic E-state index is 0.0689. The Balaban J connectivity index is 1.87. The van der Waals surface area contributed by atoms with Gasteiger partial charge in [0.15, 0.2) is 0 Å². The predicted octanol–water partition coefficient (Wildman–Crippen LogP) is 4.41. The predicted molar refractivity (Wildman–Crippen MR) is 140 cm³/mol. The quantitative estimate of drug-likeness (QED) is 0.512. The van der Waals surface area contributed by atoms with E-state index in [-0.39, 0.29) is 11.8 Å². The third kappa shape index (κ3) is 6.81. The third-order valence-electron chi connectivity index (χ3n) is 6.57.